The molecule has 2 nitrogen and oxygen atoms in total. The second-order valence-electron chi connectivity index (χ2n) is 3.89. The van der Waals surface area contributed by atoms with Crippen molar-refractivity contribution in [2.45, 2.75) is 26.3 Å². The summed E-state index contributed by atoms with van der Waals surface area (Å²) in [5.74, 6) is 0. The summed E-state index contributed by atoms with van der Waals surface area (Å²) in [6, 6.07) is 6.56. The van der Waals surface area contributed by atoms with Crippen molar-refractivity contribution in [3.8, 4) is 0 Å². The van der Waals surface area contributed by atoms with Gasteiger partial charge in [0.2, 0.25) is 0 Å². The SMILES string of the molecule is CCCOCC(NCC)c1cc(Br)cc(Br)c1. The van der Waals surface area contributed by atoms with Gasteiger partial charge in [-0.3, -0.25) is 0 Å². The highest BCUT2D eigenvalue weighted by atomic mass is 79.9. The standard InChI is InChI=1S/C13H19Br2NO/c1-3-5-17-9-13(16-4-2)10-6-11(14)8-12(15)7-10/h6-8,13,16H,3-5,9H2,1-2H3. The first-order valence-electron chi connectivity index (χ1n) is 5.94. The summed E-state index contributed by atoms with van der Waals surface area (Å²) in [6.07, 6.45) is 1.06. The molecule has 17 heavy (non-hydrogen) atoms. The fraction of sp³-hybridized carbons (Fsp3) is 0.538. The molecular weight excluding hydrogens is 346 g/mol. The smallest absolute Gasteiger partial charge is 0.0661 e. The van der Waals surface area contributed by atoms with Crippen molar-refractivity contribution in [3.63, 3.8) is 0 Å². The van der Waals surface area contributed by atoms with E-state index in [1.807, 2.05) is 6.07 Å². The first-order valence-corrected chi connectivity index (χ1v) is 7.53. The largest absolute Gasteiger partial charge is 0.379 e. The predicted molar refractivity (Wildman–Crippen MR) is 79.4 cm³/mol. The fourth-order valence-electron chi connectivity index (χ4n) is 1.64. The zero-order valence-electron chi connectivity index (χ0n) is 10.3. The average molecular weight is 365 g/mol. The van der Waals surface area contributed by atoms with E-state index in [2.05, 4.69) is 63.2 Å². The monoisotopic (exact) mass is 363 g/mol. The van der Waals surface area contributed by atoms with Crippen LogP contribution in [0, 0.1) is 0 Å². The maximum absolute atomic E-state index is 5.64. The molecule has 0 amide bonds. The number of benzene rings is 1. The molecule has 0 saturated carbocycles. The van der Waals surface area contributed by atoms with E-state index >= 15 is 0 Å². The lowest BCUT2D eigenvalue weighted by Crippen LogP contribution is -2.25. The Balaban J connectivity index is 2.73. The molecule has 0 saturated heterocycles. The minimum atomic E-state index is 0.250. The molecule has 1 atom stereocenters. The van der Waals surface area contributed by atoms with Crippen LogP contribution >= 0.6 is 31.9 Å². The molecule has 1 N–H and O–H groups in total. The van der Waals surface area contributed by atoms with Crippen LogP contribution in [0.1, 0.15) is 31.9 Å². The second kappa shape index (κ2) is 8.25. The number of halogens is 2. The van der Waals surface area contributed by atoms with E-state index in [4.69, 9.17) is 4.74 Å². The second-order valence-corrected chi connectivity index (χ2v) is 5.72. The van der Waals surface area contributed by atoms with Crippen LogP contribution in [-0.4, -0.2) is 19.8 Å². The topological polar surface area (TPSA) is 21.3 Å². The average Bonchev–Trinajstić information content (AvgIpc) is 2.27. The molecule has 0 aliphatic carbocycles. The molecule has 1 rings (SSSR count). The van der Waals surface area contributed by atoms with Crippen molar-refractivity contribution in [1.82, 2.24) is 5.32 Å². The summed E-state index contributed by atoms with van der Waals surface area (Å²) in [5, 5.41) is 3.45. The lowest BCUT2D eigenvalue weighted by Gasteiger charge is -2.19. The van der Waals surface area contributed by atoms with Crippen LogP contribution in [0.5, 0.6) is 0 Å². The highest BCUT2D eigenvalue weighted by molar-refractivity contribution is 9.11. The zero-order chi connectivity index (χ0) is 12.7. The van der Waals surface area contributed by atoms with Gasteiger partial charge in [0.15, 0.2) is 0 Å². The Morgan fingerprint density at radius 3 is 2.35 bits per heavy atom. The van der Waals surface area contributed by atoms with Crippen LogP contribution in [0.3, 0.4) is 0 Å². The Morgan fingerprint density at radius 2 is 1.82 bits per heavy atom. The summed E-state index contributed by atoms with van der Waals surface area (Å²) < 4.78 is 7.81. The number of hydrogen-bond acceptors (Lipinski definition) is 2. The van der Waals surface area contributed by atoms with Crippen LogP contribution in [0.15, 0.2) is 27.1 Å². The van der Waals surface area contributed by atoms with Gasteiger partial charge in [-0.2, -0.15) is 0 Å². The van der Waals surface area contributed by atoms with Crippen molar-refractivity contribution in [2.75, 3.05) is 19.8 Å². The van der Waals surface area contributed by atoms with Gasteiger partial charge < -0.3 is 10.1 Å². The van der Waals surface area contributed by atoms with E-state index in [1.54, 1.807) is 0 Å². The van der Waals surface area contributed by atoms with Gasteiger partial charge in [0, 0.05) is 15.6 Å². The van der Waals surface area contributed by atoms with Crippen LogP contribution in [0.4, 0.5) is 0 Å². The van der Waals surface area contributed by atoms with Gasteiger partial charge in [-0.25, -0.2) is 0 Å². The van der Waals surface area contributed by atoms with E-state index in [9.17, 15) is 0 Å². The molecular formula is C13H19Br2NO. The molecule has 0 radical (unpaired) electrons. The number of ether oxygens (including phenoxy) is 1. The zero-order valence-corrected chi connectivity index (χ0v) is 13.5. The van der Waals surface area contributed by atoms with E-state index in [0.717, 1.165) is 28.5 Å². The van der Waals surface area contributed by atoms with Gasteiger partial charge in [0.25, 0.3) is 0 Å². The maximum Gasteiger partial charge on any atom is 0.0661 e. The molecule has 0 heterocycles. The third-order valence-corrected chi connectivity index (χ3v) is 3.29. The summed E-state index contributed by atoms with van der Waals surface area (Å²) in [5.41, 5.74) is 1.24. The highest BCUT2D eigenvalue weighted by Crippen LogP contribution is 2.24. The van der Waals surface area contributed by atoms with Crippen molar-refractivity contribution < 1.29 is 4.74 Å². The number of rotatable bonds is 7. The molecule has 1 aromatic carbocycles. The van der Waals surface area contributed by atoms with Gasteiger partial charge in [-0.15, -0.1) is 0 Å². The predicted octanol–water partition coefficient (Wildman–Crippen LogP) is 4.29. The van der Waals surface area contributed by atoms with Crippen LogP contribution in [0.2, 0.25) is 0 Å². The van der Waals surface area contributed by atoms with Crippen molar-refractivity contribution >= 4 is 31.9 Å². The minimum Gasteiger partial charge on any atom is -0.379 e. The minimum absolute atomic E-state index is 0.250. The summed E-state index contributed by atoms with van der Waals surface area (Å²) in [6.45, 7) is 6.70. The molecule has 0 spiro atoms. The van der Waals surface area contributed by atoms with Gasteiger partial charge in [-0.05, 0) is 36.7 Å². The third-order valence-electron chi connectivity index (χ3n) is 2.37. The Kier molecular flexibility index (Phi) is 7.35. The number of nitrogens with one attached hydrogen (secondary N) is 1. The van der Waals surface area contributed by atoms with Crippen LogP contribution < -0.4 is 5.32 Å². The Labute approximate surface area is 120 Å². The highest BCUT2D eigenvalue weighted by Gasteiger charge is 2.11. The first-order chi connectivity index (χ1) is 8.17. The Hall–Kier alpha value is 0.1000. The molecule has 1 unspecified atom stereocenters. The van der Waals surface area contributed by atoms with Crippen molar-refractivity contribution in [3.05, 3.63) is 32.7 Å². The molecule has 0 fully saturated rings. The summed E-state index contributed by atoms with van der Waals surface area (Å²) in [7, 11) is 0. The lowest BCUT2D eigenvalue weighted by atomic mass is 10.1. The summed E-state index contributed by atoms with van der Waals surface area (Å²) in [4.78, 5) is 0. The van der Waals surface area contributed by atoms with E-state index < -0.39 is 0 Å². The van der Waals surface area contributed by atoms with Crippen molar-refractivity contribution in [2.24, 2.45) is 0 Å². The molecule has 1 aromatic rings. The van der Waals surface area contributed by atoms with Crippen LogP contribution in [-0.2, 0) is 4.74 Å². The Bertz CT molecular complexity index is 324. The van der Waals surface area contributed by atoms with Gasteiger partial charge in [0.1, 0.15) is 0 Å². The number of hydrogen-bond donors (Lipinski definition) is 1. The van der Waals surface area contributed by atoms with E-state index in [1.165, 1.54) is 5.56 Å². The normalized spacial score (nSPS) is 12.7. The van der Waals surface area contributed by atoms with Gasteiger partial charge in [-0.1, -0.05) is 45.7 Å². The molecule has 96 valence electrons. The third kappa shape index (κ3) is 5.51. The van der Waals surface area contributed by atoms with E-state index in [-0.39, 0.29) is 6.04 Å². The molecule has 0 bridgehead atoms. The Morgan fingerprint density at radius 1 is 1.18 bits per heavy atom. The molecule has 0 aromatic heterocycles. The lowest BCUT2D eigenvalue weighted by molar-refractivity contribution is 0.112. The van der Waals surface area contributed by atoms with Gasteiger partial charge >= 0.3 is 0 Å². The van der Waals surface area contributed by atoms with E-state index in [0.29, 0.717) is 6.61 Å². The molecule has 0 aliphatic heterocycles. The fourth-order valence-corrected chi connectivity index (χ4v) is 2.97. The van der Waals surface area contributed by atoms with Crippen molar-refractivity contribution in [1.29, 1.82) is 0 Å². The quantitative estimate of drug-likeness (QED) is 0.728. The number of likely N-dealkylation sites (N-methyl/N-ethyl adjacent to an activating group) is 1. The molecule has 4 heteroatoms. The summed E-state index contributed by atoms with van der Waals surface area (Å²) >= 11 is 7.03. The molecule has 0 aliphatic rings. The maximum atomic E-state index is 5.64. The first kappa shape index (κ1) is 15.2. The van der Waals surface area contributed by atoms with Gasteiger partial charge in [0.05, 0.1) is 12.6 Å². The van der Waals surface area contributed by atoms with Crippen LogP contribution in [0.25, 0.3) is 0 Å².